The van der Waals surface area contributed by atoms with Gasteiger partial charge in [-0.1, -0.05) is 6.58 Å². The zero-order chi connectivity index (χ0) is 9.11. The maximum atomic E-state index is 8.60. The zero-order valence-electron chi connectivity index (χ0n) is 8.49. The van der Waals surface area contributed by atoms with Crippen LogP contribution < -0.4 is 0 Å². The summed E-state index contributed by atoms with van der Waals surface area (Å²) in [4.78, 5) is 0. The molecular formula is C7H20O6Ti. The van der Waals surface area contributed by atoms with Gasteiger partial charge in [0.2, 0.25) is 0 Å². The Labute approximate surface area is 99.0 Å². The minimum Gasteiger partial charge on any atom is -0.516 e. The molecule has 0 aliphatic rings. The second-order valence-corrected chi connectivity index (χ2v) is 1.40. The van der Waals surface area contributed by atoms with Crippen molar-refractivity contribution in [1.29, 1.82) is 0 Å². The van der Waals surface area contributed by atoms with Gasteiger partial charge in [-0.3, -0.25) is 0 Å². The number of aliphatic hydroxyl groups excluding tert-OH is 2. The first kappa shape index (κ1) is 29.2. The quantitative estimate of drug-likeness (QED) is 0.390. The van der Waals surface area contributed by atoms with Crippen LogP contribution in [0.25, 0.3) is 0 Å². The molecule has 0 amide bonds. The van der Waals surface area contributed by atoms with Crippen molar-refractivity contribution < 1.29 is 52.4 Å². The van der Waals surface area contributed by atoms with Crippen LogP contribution in [0.15, 0.2) is 12.8 Å². The van der Waals surface area contributed by atoms with E-state index < -0.39 is 6.48 Å². The van der Waals surface area contributed by atoms with E-state index in [1.165, 1.54) is 0 Å². The summed E-state index contributed by atoms with van der Waals surface area (Å²) in [5, 5.41) is 15.9. The molecule has 0 saturated carbocycles. The summed E-state index contributed by atoms with van der Waals surface area (Å²) in [7, 11) is 0. The fourth-order valence-corrected chi connectivity index (χ4v) is 0.333. The number of hydrogen-bond donors (Lipinski definition) is 2. The first-order valence-corrected chi connectivity index (χ1v) is 3.39. The second-order valence-electron chi connectivity index (χ2n) is 1.40. The van der Waals surface area contributed by atoms with Gasteiger partial charge in [0, 0.05) is 34.9 Å². The van der Waals surface area contributed by atoms with E-state index in [1.54, 1.807) is 13.8 Å². The summed E-state index contributed by atoms with van der Waals surface area (Å²) in [6.45, 7) is 6.41. The van der Waals surface area contributed by atoms with Gasteiger partial charge in [0.15, 0.2) is 0 Å². The van der Waals surface area contributed by atoms with Gasteiger partial charge >= 0.3 is 0 Å². The van der Waals surface area contributed by atoms with Crippen LogP contribution in [-0.4, -0.2) is 40.9 Å². The van der Waals surface area contributed by atoms with Gasteiger partial charge in [0.25, 0.3) is 6.48 Å². The number of hydrogen-bond acceptors (Lipinski definition) is 4. The minimum absolute atomic E-state index is 0. The van der Waals surface area contributed by atoms with Crippen LogP contribution in [0.5, 0.6) is 0 Å². The zero-order valence-corrected chi connectivity index (χ0v) is 10.0. The molecule has 7 heteroatoms. The van der Waals surface area contributed by atoms with Crippen LogP contribution in [0, 0.1) is 0 Å². The molecule has 88 valence electrons. The molecule has 0 bridgehead atoms. The number of ether oxygens (including phenoxy) is 2. The summed E-state index contributed by atoms with van der Waals surface area (Å²) in [6, 6.07) is 0. The largest absolute Gasteiger partial charge is 0.516 e. The van der Waals surface area contributed by atoms with Crippen molar-refractivity contribution in [2.24, 2.45) is 0 Å². The monoisotopic (exact) mass is 248 g/mol. The van der Waals surface area contributed by atoms with Gasteiger partial charge in [-0.25, -0.2) is 0 Å². The summed E-state index contributed by atoms with van der Waals surface area (Å²) in [5.41, 5.74) is 0. The van der Waals surface area contributed by atoms with E-state index in [2.05, 4.69) is 16.1 Å². The summed E-state index contributed by atoms with van der Waals surface area (Å²) in [6.07, 6.45) is 0.750. The van der Waals surface area contributed by atoms with Crippen LogP contribution in [0.4, 0.5) is 0 Å². The molecule has 14 heavy (non-hydrogen) atoms. The molecule has 0 saturated heterocycles. The van der Waals surface area contributed by atoms with Crippen molar-refractivity contribution in [1.82, 2.24) is 0 Å². The van der Waals surface area contributed by atoms with Gasteiger partial charge in [-0.05, 0) is 13.8 Å². The molecule has 0 aliphatic heterocycles. The van der Waals surface area contributed by atoms with Crippen molar-refractivity contribution >= 4 is 0 Å². The molecule has 6 nitrogen and oxygen atoms in total. The Hall–Kier alpha value is 0.0543. The summed E-state index contributed by atoms with van der Waals surface area (Å²) < 4.78 is 9.23. The van der Waals surface area contributed by atoms with E-state index in [0.717, 1.165) is 6.26 Å². The predicted octanol–water partition coefficient (Wildman–Crippen LogP) is -0.629. The van der Waals surface area contributed by atoms with Crippen molar-refractivity contribution in [3.05, 3.63) is 12.8 Å². The van der Waals surface area contributed by atoms with Crippen molar-refractivity contribution in [2.45, 2.75) is 20.3 Å². The molecule has 0 atom stereocenters. The second kappa shape index (κ2) is 29.2. The Kier molecular flexibility index (Phi) is 61.0. The third kappa shape index (κ3) is 40.2. The maximum Gasteiger partial charge on any atom is 0.269 e. The topological polar surface area (TPSA) is 122 Å². The van der Waals surface area contributed by atoms with E-state index in [0.29, 0.717) is 13.2 Å². The third-order valence-corrected chi connectivity index (χ3v) is 0.618. The minimum atomic E-state index is -1.04. The van der Waals surface area contributed by atoms with E-state index in [9.17, 15) is 0 Å². The van der Waals surface area contributed by atoms with E-state index in [4.69, 9.17) is 10.2 Å². The average Bonchev–Trinajstić information content (AvgIpc) is 1.90. The Balaban J connectivity index is -0.0000000405. The smallest absolute Gasteiger partial charge is 0.269 e. The first-order valence-electron chi connectivity index (χ1n) is 3.39. The molecule has 0 fully saturated rings. The van der Waals surface area contributed by atoms with E-state index >= 15 is 0 Å². The molecule has 0 heterocycles. The fourth-order valence-electron chi connectivity index (χ4n) is 0.333. The van der Waals surface area contributed by atoms with Crippen molar-refractivity contribution in [2.75, 3.05) is 13.2 Å². The van der Waals surface area contributed by atoms with Crippen LogP contribution in [0.3, 0.4) is 0 Å². The number of rotatable bonds is 4. The predicted molar refractivity (Wildman–Crippen MR) is 49.3 cm³/mol. The standard InChI is InChI=1S/C5H12O3.C2H4O.2H2O.Ti/c1-3-7-5(6)8-4-2;1-2-3;;;/h5-6H,3-4H2,1-2H3;2-3H,1H2;2*1H2;. The molecule has 0 aromatic heterocycles. The SMILES string of the molecule is C=CO.CCOC(O)OCC.O.O.[Ti]. The van der Waals surface area contributed by atoms with Crippen LogP contribution in [0.1, 0.15) is 13.8 Å². The van der Waals surface area contributed by atoms with Gasteiger partial charge in [0.1, 0.15) is 0 Å². The van der Waals surface area contributed by atoms with Gasteiger partial charge in [-0.15, -0.1) is 0 Å². The molecule has 0 aromatic carbocycles. The van der Waals surface area contributed by atoms with Gasteiger partial charge < -0.3 is 30.6 Å². The van der Waals surface area contributed by atoms with E-state index in [-0.39, 0.29) is 32.7 Å². The molecule has 0 aromatic rings. The normalized spacial score (nSPS) is 6.86. The summed E-state index contributed by atoms with van der Waals surface area (Å²) in [5.74, 6) is 0. The van der Waals surface area contributed by atoms with Gasteiger partial charge in [-0.2, -0.15) is 0 Å². The maximum absolute atomic E-state index is 8.60. The molecule has 0 unspecified atom stereocenters. The Bertz CT molecular complexity index is 76.6. The number of aliphatic hydroxyl groups is 2. The van der Waals surface area contributed by atoms with E-state index in [1.807, 2.05) is 0 Å². The Morgan fingerprint density at radius 3 is 1.57 bits per heavy atom. The Morgan fingerprint density at radius 2 is 1.43 bits per heavy atom. The first-order chi connectivity index (χ1) is 5.22. The fraction of sp³-hybridized carbons (Fsp3) is 0.714. The third-order valence-electron chi connectivity index (χ3n) is 0.618. The Morgan fingerprint density at radius 1 is 1.21 bits per heavy atom. The molecule has 0 aliphatic carbocycles. The van der Waals surface area contributed by atoms with Crippen LogP contribution in [-0.2, 0) is 31.2 Å². The molecule has 0 rings (SSSR count). The van der Waals surface area contributed by atoms with Crippen molar-refractivity contribution in [3.8, 4) is 0 Å². The van der Waals surface area contributed by atoms with Gasteiger partial charge in [0.05, 0.1) is 6.26 Å². The molecule has 6 N–H and O–H groups in total. The summed E-state index contributed by atoms with van der Waals surface area (Å²) >= 11 is 0. The average molecular weight is 248 g/mol. The molecular weight excluding hydrogens is 228 g/mol. The van der Waals surface area contributed by atoms with Crippen LogP contribution in [0.2, 0.25) is 0 Å². The molecule has 0 radical (unpaired) electrons. The van der Waals surface area contributed by atoms with Crippen LogP contribution >= 0.6 is 0 Å². The van der Waals surface area contributed by atoms with Crippen molar-refractivity contribution in [3.63, 3.8) is 0 Å². The molecule has 0 spiro atoms.